The summed E-state index contributed by atoms with van der Waals surface area (Å²) in [5.41, 5.74) is 1.76. The molecule has 0 aromatic heterocycles. The fraction of sp³-hybridized carbons (Fsp3) is 0.462. The molecule has 0 aliphatic carbocycles. The van der Waals surface area contributed by atoms with Crippen LogP contribution in [0.1, 0.15) is 50.7 Å². The van der Waals surface area contributed by atoms with Gasteiger partial charge in [-0.2, -0.15) is 0 Å². The molecule has 1 N–H and O–H groups in total. The number of carbonyl (C=O) groups excluding carboxylic acids is 2. The monoisotopic (exact) mass is 589 g/mol. The van der Waals surface area contributed by atoms with Gasteiger partial charge in [-0.25, -0.2) is 8.42 Å². The van der Waals surface area contributed by atoms with Gasteiger partial charge < -0.3 is 10.2 Å². The van der Waals surface area contributed by atoms with Gasteiger partial charge in [0.25, 0.3) is 0 Å². The van der Waals surface area contributed by atoms with E-state index in [1.54, 1.807) is 43.3 Å². The minimum atomic E-state index is -3.63. The first-order chi connectivity index (χ1) is 17.4. The Morgan fingerprint density at radius 1 is 1.05 bits per heavy atom. The summed E-state index contributed by atoms with van der Waals surface area (Å²) in [6, 6.07) is 9.38. The van der Waals surface area contributed by atoms with Gasteiger partial charge in [-0.05, 0) is 56.0 Å². The largest absolute Gasteiger partial charge is 0.354 e. The summed E-state index contributed by atoms with van der Waals surface area (Å²) in [7, 11) is -3.63. The van der Waals surface area contributed by atoms with Crippen molar-refractivity contribution in [3.8, 4) is 0 Å². The van der Waals surface area contributed by atoms with Gasteiger partial charge in [0, 0.05) is 46.7 Å². The quantitative estimate of drug-likeness (QED) is 0.318. The van der Waals surface area contributed by atoms with E-state index >= 15 is 0 Å². The normalized spacial score (nSPS) is 12.2. The van der Waals surface area contributed by atoms with E-state index in [9.17, 15) is 18.0 Å². The van der Waals surface area contributed by atoms with E-state index in [0.717, 1.165) is 18.2 Å². The summed E-state index contributed by atoms with van der Waals surface area (Å²) in [6.45, 7) is 6.20. The van der Waals surface area contributed by atoms with E-state index in [-0.39, 0.29) is 37.7 Å². The third-order valence-electron chi connectivity index (χ3n) is 5.92. The fourth-order valence-corrected chi connectivity index (χ4v) is 5.67. The first-order valence-electron chi connectivity index (χ1n) is 12.1. The Balaban J connectivity index is 2.29. The van der Waals surface area contributed by atoms with Crippen LogP contribution in [0.25, 0.3) is 0 Å². The Morgan fingerprint density at radius 2 is 1.70 bits per heavy atom. The molecule has 0 heterocycles. The number of nitrogens with one attached hydrogen (secondary N) is 1. The van der Waals surface area contributed by atoms with Gasteiger partial charge in [-0.3, -0.25) is 13.9 Å². The highest BCUT2D eigenvalue weighted by Gasteiger charge is 2.30. The van der Waals surface area contributed by atoms with Gasteiger partial charge >= 0.3 is 0 Å². The van der Waals surface area contributed by atoms with E-state index in [1.165, 1.54) is 9.21 Å². The van der Waals surface area contributed by atoms with Crippen LogP contribution in [0.4, 0.5) is 5.69 Å². The van der Waals surface area contributed by atoms with Crippen LogP contribution < -0.4 is 9.62 Å². The lowest BCUT2D eigenvalue weighted by molar-refractivity contribution is -0.141. The summed E-state index contributed by atoms with van der Waals surface area (Å²) in [5.74, 6) is -0.557. The number of amides is 2. The van der Waals surface area contributed by atoms with Gasteiger partial charge in [-0.15, -0.1) is 0 Å². The molecule has 2 rings (SSSR count). The van der Waals surface area contributed by atoms with E-state index < -0.39 is 16.1 Å². The van der Waals surface area contributed by atoms with E-state index in [4.69, 9.17) is 34.8 Å². The average Bonchev–Trinajstić information content (AvgIpc) is 2.83. The maximum atomic E-state index is 13.5. The zero-order valence-corrected chi connectivity index (χ0v) is 24.6. The van der Waals surface area contributed by atoms with Crippen LogP contribution in [-0.4, -0.2) is 50.5 Å². The number of hydrogen-bond acceptors (Lipinski definition) is 4. The SMILES string of the molecule is CCCNC(=O)C(CC)N(Cc1c(Cl)cccc1Cl)C(=O)CCCN(c1cc(Cl)ccc1C)S(C)(=O)=O. The Morgan fingerprint density at radius 3 is 2.27 bits per heavy atom. The van der Waals surface area contributed by atoms with Crippen molar-refractivity contribution in [3.63, 3.8) is 0 Å². The lowest BCUT2D eigenvalue weighted by atomic mass is 10.1. The number of aryl methyl sites for hydroxylation is 1. The highest BCUT2D eigenvalue weighted by Crippen LogP contribution is 2.29. The number of nitrogens with zero attached hydrogens (tertiary/aromatic N) is 2. The topological polar surface area (TPSA) is 86.8 Å². The first-order valence-corrected chi connectivity index (χ1v) is 15.1. The average molecular weight is 591 g/mol. The number of sulfonamides is 1. The maximum absolute atomic E-state index is 13.5. The van der Waals surface area contributed by atoms with Crippen molar-refractivity contribution >= 4 is 62.3 Å². The fourth-order valence-electron chi connectivity index (χ4n) is 3.97. The summed E-state index contributed by atoms with van der Waals surface area (Å²) in [5, 5.41) is 4.07. The Labute approximate surface area is 235 Å². The van der Waals surface area contributed by atoms with Crippen molar-refractivity contribution in [2.75, 3.05) is 23.7 Å². The summed E-state index contributed by atoms with van der Waals surface area (Å²) < 4.78 is 26.4. The van der Waals surface area contributed by atoms with Crippen molar-refractivity contribution < 1.29 is 18.0 Å². The molecule has 0 saturated carbocycles. The van der Waals surface area contributed by atoms with Crippen LogP contribution in [-0.2, 0) is 26.2 Å². The minimum Gasteiger partial charge on any atom is -0.354 e. The molecule has 7 nitrogen and oxygen atoms in total. The second-order valence-electron chi connectivity index (χ2n) is 8.81. The van der Waals surface area contributed by atoms with Gasteiger partial charge in [0.1, 0.15) is 6.04 Å². The number of rotatable bonds is 13. The molecule has 2 aromatic carbocycles. The third-order valence-corrected chi connectivity index (χ3v) is 8.04. The molecule has 0 aliphatic heterocycles. The molecule has 0 saturated heterocycles. The van der Waals surface area contributed by atoms with Crippen LogP contribution in [0.3, 0.4) is 0 Å². The summed E-state index contributed by atoms with van der Waals surface area (Å²) in [6.07, 6.45) is 2.52. The second-order valence-corrected chi connectivity index (χ2v) is 12.0. The number of benzene rings is 2. The van der Waals surface area contributed by atoms with Crippen molar-refractivity contribution in [1.29, 1.82) is 0 Å². The second kappa shape index (κ2) is 14.2. The van der Waals surface area contributed by atoms with Crippen LogP contribution in [0, 0.1) is 6.92 Å². The molecule has 0 bridgehead atoms. The van der Waals surface area contributed by atoms with Gasteiger partial charge in [0.2, 0.25) is 21.8 Å². The molecule has 1 atom stereocenters. The summed E-state index contributed by atoms with van der Waals surface area (Å²) in [4.78, 5) is 27.9. The van der Waals surface area contributed by atoms with E-state index in [2.05, 4.69) is 5.32 Å². The Hall–Kier alpha value is -2.00. The lowest BCUT2D eigenvalue weighted by Crippen LogP contribution is -2.49. The number of halogens is 3. The van der Waals surface area contributed by atoms with Crippen molar-refractivity contribution in [1.82, 2.24) is 10.2 Å². The molecular formula is C26H34Cl3N3O4S. The smallest absolute Gasteiger partial charge is 0.242 e. The molecule has 0 radical (unpaired) electrons. The summed E-state index contributed by atoms with van der Waals surface area (Å²) >= 11 is 18.9. The molecule has 2 amide bonds. The van der Waals surface area contributed by atoms with E-state index in [0.29, 0.717) is 39.3 Å². The minimum absolute atomic E-state index is 0.0191. The predicted octanol–water partition coefficient (Wildman–Crippen LogP) is 5.84. The zero-order valence-electron chi connectivity index (χ0n) is 21.6. The molecule has 11 heteroatoms. The molecular weight excluding hydrogens is 557 g/mol. The first kappa shape index (κ1) is 31.2. The Kier molecular flexibility index (Phi) is 12.0. The van der Waals surface area contributed by atoms with Gasteiger partial charge in [0.05, 0.1) is 11.9 Å². The van der Waals surface area contributed by atoms with E-state index in [1.807, 2.05) is 13.8 Å². The van der Waals surface area contributed by atoms with Crippen molar-refractivity contribution in [3.05, 3.63) is 62.6 Å². The Bertz CT molecular complexity index is 1190. The van der Waals surface area contributed by atoms with Crippen molar-refractivity contribution in [2.24, 2.45) is 0 Å². The van der Waals surface area contributed by atoms with Gasteiger partial charge in [0.15, 0.2) is 0 Å². The maximum Gasteiger partial charge on any atom is 0.242 e. The lowest BCUT2D eigenvalue weighted by Gasteiger charge is -2.31. The standard InChI is InChI=1S/C26H34Cl3N3O4S/c1-5-14-30-26(34)23(6-2)31(17-20-21(28)9-7-10-22(20)29)25(33)11-8-15-32(37(4,35)36)24-16-19(27)13-12-18(24)3/h7,9-10,12-13,16,23H,5-6,8,11,14-15,17H2,1-4H3,(H,30,34). The van der Waals surface area contributed by atoms with Crippen LogP contribution in [0.15, 0.2) is 36.4 Å². The highest BCUT2D eigenvalue weighted by molar-refractivity contribution is 7.92. The van der Waals surface area contributed by atoms with Crippen molar-refractivity contribution in [2.45, 2.75) is 59.0 Å². The molecule has 0 aliphatic rings. The number of hydrogen-bond donors (Lipinski definition) is 1. The highest BCUT2D eigenvalue weighted by atomic mass is 35.5. The number of carbonyl (C=O) groups is 2. The number of anilines is 1. The molecule has 0 fully saturated rings. The molecule has 2 aromatic rings. The molecule has 204 valence electrons. The molecule has 1 unspecified atom stereocenters. The predicted molar refractivity (Wildman–Crippen MR) is 152 cm³/mol. The molecule has 37 heavy (non-hydrogen) atoms. The third kappa shape index (κ3) is 8.77. The van der Waals surface area contributed by atoms with Crippen LogP contribution in [0.5, 0.6) is 0 Å². The van der Waals surface area contributed by atoms with Crippen LogP contribution >= 0.6 is 34.8 Å². The van der Waals surface area contributed by atoms with Gasteiger partial charge in [-0.1, -0.05) is 60.8 Å². The van der Waals surface area contributed by atoms with Crippen LogP contribution in [0.2, 0.25) is 15.1 Å². The molecule has 0 spiro atoms. The zero-order chi connectivity index (χ0) is 27.8.